The van der Waals surface area contributed by atoms with Gasteiger partial charge < -0.3 is 28.6 Å². The molecule has 0 spiro atoms. The summed E-state index contributed by atoms with van der Waals surface area (Å²) in [5.74, 6) is -0.0788. The van der Waals surface area contributed by atoms with E-state index in [4.69, 9.17) is 18.9 Å². The average molecular weight is 458 g/mol. The monoisotopic (exact) mass is 457 g/mol. The SMILES string of the molecule is COCCCOc1cc2c(cc1OC)-c1cc(=O)c(C(=O)O)cn1[C@H]1[C@@H]2COCCC1(C)C. The Kier molecular flexibility index (Phi) is 6.50. The fourth-order valence-corrected chi connectivity index (χ4v) is 5.08. The number of carbonyl (C=O) groups is 1. The van der Waals surface area contributed by atoms with E-state index in [0.29, 0.717) is 43.6 Å². The maximum atomic E-state index is 12.7. The summed E-state index contributed by atoms with van der Waals surface area (Å²) in [7, 11) is 3.23. The molecule has 1 aromatic heterocycles. The molecule has 8 nitrogen and oxygen atoms in total. The zero-order valence-electron chi connectivity index (χ0n) is 19.6. The number of methoxy groups -OCH3 is 2. The van der Waals surface area contributed by atoms with Crippen LogP contribution in [0.4, 0.5) is 0 Å². The van der Waals surface area contributed by atoms with Gasteiger partial charge in [0.25, 0.3) is 0 Å². The van der Waals surface area contributed by atoms with Crippen LogP contribution in [0.1, 0.15) is 54.6 Å². The van der Waals surface area contributed by atoms with E-state index in [-0.39, 0.29) is 22.9 Å². The van der Waals surface area contributed by atoms with Gasteiger partial charge in [0.15, 0.2) is 16.9 Å². The zero-order chi connectivity index (χ0) is 23.8. The maximum absolute atomic E-state index is 12.7. The highest BCUT2D eigenvalue weighted by atomic mass is 16.5. The number of fused-ring (bicyclic) bond motifs is 6. The van der Waals surface area contributed by atoms with E-state index < -0.39 is 11.4 Å². The van der Waals surface area contributed by atoms with Crippen LogP contribution >= 0.6 is 0 Å². The molecule has 33 heavy (non-hydrogen) atoms. The molecular formula is C25H31NO7. The summed E-state index contributed by atoms with van der Waals surface area (Å²) in [5, 5.41) is 9.60. The number of carboxylic acids is 1. The Morgan fingerprint density at radius 3 is 2.70 bits per heavy atom. The lowest BCUT2D eigenvalue weighted by Gasteiger charge is -2.44. The molecule has 1 aromatic carbocycles. The first-order chi connectivity index (χ1) is 15.8. The molecule has 0 aliphatic carbocycles. The molecule has 8 heteroatoms. The number of aromatic carboxylic acids is 1. The van der Waals surface area contributed by atoms with Crippen LogP contribution in [0.25, 0.3) is 11.3 Å². The Labute approximate surface area is 193 Å². The van der Waals surface area contributed by atoms with Crippen LogP contribution in [-0.2, 0) is 9.47 Å². The highest BCUT2D eigenvalue weighted by Gasteiger charge is 2.44. The van der Waals surface area contributed by atoms with E-state index >= 15 is 0 Å². The van der Waals surface area contributed by atoms with Gasteiger partial charge >= 0.3 is 5.97 Å². The minimum absolute atomic E-state index is 0.0404. The van der Waals surface area contributed by atoms with Crippen molar-refractivity contribution >= 4 is 5.97 Å². The van der Waals surface area contributed by atoms with E-state index in [2.05, 4.69) is 13.8 Å². The van der Waals surface area contributed by atoms with Crippen molar-refractivity contribution in [1.29, 1.82) is 0 Å². The number of hydrogen-bond acceptors (Lipinski definition) is 6. The van der Waals surface area contributed by atoms with Gasteiger partial charge in [0.2, 0.25) is 0 Å². The molecule has 1 fully saturated rings. The van der Waals surface area contributed by atoms with E-state index in [1.54, 1.807) is 14.2 Å². The standard InChI is InChI=1S/C25H31NO7/c1-25(2)6-9-32-14-18-15-10-22(33-8-5-7-30-3)21(31-4)11-16(15)19-12-20(27)17(24(28)29)13-26(19)23(18)25/h10-13,18,23H,5-9,14H2,1-4H3,(H,28,29)/t18-,23+/m1/s1. The first-order valence-corrected chi connectivity index (χ1v) is 11.2. The zero-order valence-corrected chi connectivity index (χ0v) is 19.6. The molecule has 4 rings (SSSR count). The molecule has 0 unspecified atom stereocenters. The predicted molar refractivity (Wildman–Crippen MR) is 123 cm³/mol. The fourth-order valence-electron chi connectivity index (χ4n) is 5.08. The second-order valence-electron chi connectivity index (χ2n) is 9.30. The topological polar surface area (TPSA) is 96.2 Å². The van der Waals surface area contributed by atoms with Crippen LogP contribution in [0, 0.1) is 5.41 Å². The van der Waals surface area contributed by atoms with Gasteiger partial charge in [-0.3, -0.25) is 4.79 Å². The van der Waals surface area contributed by atoms with E-state index in [0.717, 1.165) is 24.0 Å². The molecule has 2 aliphatic heterocycles. The Bertz CT molecular complexity index is 1100. The first kappa shape index (κ1) is 23.3. The molecular weight excluding hydrogens is 426 g/mol. The number of rotatable bonds is 7. The van der Waals surface area contributed by atoms with Gasteiger partial charge in [-0.1, -0.05) is 13.8 Å². The number of carboxylic acid groups (broad SMARTS) is 1. The van der Waals surface area contributed by atoms with Crippen molar-refractivity contribution in [3.8, 4) is 22.8 Å². The number of hydrogen-bond donors (Lipinski definition) is 1. The third kappa shape index (κ3) is 4.25. The smallest absolute Gasteiger partial charge is 0.341 e. The number of aromatic nitrogens is 1. The Balaban J connectivity index is 1.92. The van der Waals surface area contributed by atoms with Gasteiger partial charge in [-0.05, 0) is 29.5 Å². The predicted octanol–water partition coefficient (Wildman–Crippen LogP) is 3.72. The quantitative estimate of drug-likeness (QED) is 0.633. The highest BCUT2D eigenvalue weighted by molar-refractivity contribution is 5.88. The second kappa shape index (κ2) is 9.19. The summed E-state index contributed by atoms with van der Waals surface area (Å²) >= 11 is 0. The van der Waals surface area contributed by atoms with Crippen molar-refractivity contribution in [2.75, 3.05) is 40.6 Å². The van der Waals surface area contributed by atoms with Gasteiger partial charge in [-0.15, -0.1) is 0 Å². The van der Waals surface area contributed by atoms with Crippen molar-refractivity contribution in [1.82, 2.24) is 4.57 Å². The Hall–Kier alpha value is -2.84. The van der Waals surface area contributed by atoms with Gasteiger partial charge in [-0.25, -0.2) is 4.79 Å². The summed E-state index contributed by atoms with van der Waals surface area (Å²) < 4.78 is 24.7. The second-order valence-corrected chi connectivity index (χ2v) is 9.30. The molecule has 1 saturated heterocycles. The fraction of sp³-hybridized carbons (Fsp3) is 0.520. The largest absolute Gasteiger partial charge is 0.493 e. The van der Waals surface area contributed by atoms with Crippen molar-refractivity contribution in [3.63, 3.8) is 0 Å². The third-order valence-electron chi connectivity index (χ3n) is 6.74. The van der Waals surface area contributed by atoms with E-state index in [9.17, 15) is 14.7 Å². The molecule has 178 valence electrons. The van der Waals surface area contributed by atoms with Crippen LogP contribution in [0.15, 0.2) is 29.2 Å². The number of benzene rings is 1. The van der Waals surface area contributed by atoms with Gasteiger partial charge in [0, 0.05) is 56.5 Å². The highest BCUT2D eigenvalue weighted by Crippen LogP contribution is 2.54. The molecule has 2 aliphatic rings. The Morgan fingerprint density at radius 1 is 1.21 bits per heavy atom. The van der Waals surface area contributed by atoms with E-state index in [1.165, 1.54) is 12.3 Å². The number of pyridine rings is 1. The van der Waals surface area contributed by atoms with Crippen LogP contribution in [-0.4, -0.2) is 56.3 Å². The van der Waals surface area contributed by atoms with Gasteiger partial charge in [0.1, 0.15) is 5.56 Å². The van der Waals surface area contributed by atoms with Gasteiger partial charge in [0.05, 0.1) is 26.0 Å². The molecule has 0 saturated carbocycles. The molecule has 3 heterocycles. The number of ether oxygens (including phenoxy) is 4. The molecule has 0 bridgehead atoms. The minimum atomic E-state index is -1.22. The lowest BCUT2D eigenvalue weighted by Crippen LogP contribution is -2.37. The normalized spacial score (nSPS) is 20.7. The third-order valence-corrected chi connectivity index (χ3v) is 6.74. The van der Waals surface area contributed by atoms with Crippen molar-refractivity contribution < 1.29 is 28.8 Å². The van der Waals surface area contributed by atoms with Crippen LogP contribution in [0.3, 0.4) is 0 Å². The van der Waals surface area contributed by atoms with Crippen LogP contribution in [0.5, 0.6) is 11.5 Å². The van der Waals surface area contributed by atoms with Crippen molar-refractivity contribution in [2.45, 2.75) is 38.6 Å². The lowest BCUT2D eigenvalue weighted by atomic mass is 9.70. The summed E-state index contributed by atoms with van der Waals surface area (Å²) in [5.41, 5.74) is 1.58. The van der Waals surface area contributed by atoms with Crippen LogP contribution < -0.4 is 14.9 Å². The lowest BCUT2D eigenvalue weighted by molar-refractivity contribution is 0.0693. The van der Waals surface area contributed by atoms with Crippen molar-refractivity contribution in [3.05, 3.63) is 45.7 Å². The van der Waals surface area contributed by atoms with Crippen LogP contribution in [0.2, 0.25) is 0 Å². The molecule has 2 atom stereocenters. The molecule has 0 amide bonds. The molecule has 2 aromatic rings. The number of nitrogens with zero attached hydrogens (tertiary/aromatic N) is 1. The Morgan fingerprint density at radius 2 is 2.00 bits per heavy atom. The molecule has 1 N–H and O–H groups in total. The average Bonchev–Trinajstić information content (AvgIpc) is 2.94. The minimum Gasteiger partial charge on any atom is -0.493 e. The molecule has 0 radical (unpaired) electrons. The van der Waals surface area contributed by atoms with Crippen molar-refractivity contribution in [2.24, 2.45) is 5.41 Å². The van der Waals surface area contributed by atoms with Gasteiger partial charge in [-0.2, -0.15) is 0 Å². The summed E-state index contributed by atoms with van der Waals surface area (Å²) in [6.45, 7) is 6.52. The maximum Gasteiger partial charge on any atom is 0.341 e. The summed E-state index contributed by atoms with van der Waals surface area (Å²) in [6, 6.07) is 5.21. The summed E-state index contributed by atoms with van der Waals surface area (Å²) in [6.07, 6.45) is 3.05. The summed E-state index contributed by atoms with van der Waals surface area (Å²) in [4.78, 5) is 24.4. The first-order valence-electron chi connectivity index (χ1n) is 11.2. The van der Waals surface area contributed by atoms with E-state index in [1.807, 2.05) is 16.7 Å².